The first kappa shape index (κ1) is 8.57. The highest BCUT2D eigenvalue weighted by Crippen LogP contribution is 1.93. The summed E-state index contributed by atoms with van der Waals surface area (Å²) in [6, 6.07) is 0. The molecule has 0 aromatic carbocycles. The Morgan fingerprint density at radius 3 is 2.78 bits per heavy atom. The van der Waals surface area contributed by atoms with Crippen molar-refractivity contribution in [3.63, 3.8) is 0 Å². The zero-order chi connectivity index (χ0) is 7.11. The number of allylic oxidation sites excluding steroid dienone is 3. The van der Waals surface area contributed by atoms with Crippen LogP contribution in [0.15, 0.2) is 23.9 Å². The molecule has 0 rings (SSSR count). The van der Waals surface area contributed by atoms with E-state index in [2.05, 4.69) is 0 Å². The number of rotatable bonds is 3. The third kappa shape index (κ3) is 5.44. The second-order valence-electron chi connectivity index (χ2n) is 1.79. The second kappa shape index (κ2) is 5.70. The van der Waals surface area contributed by atoms with Gasteiger partial charge in [-0.1, -0.05) is 12.2 Å². The van der Waals surface area contributed by atoms with Gasteiger partial charge in [0.1, 0.15) is 0 Å². The van der Waals surface area contributed by atoms with E-state index in [0.717, 1.165) is 12.0 Å². The third-order valence-corrected chi connectivity index (χ3v) is 1.14. The van der Waals surface area contributed by atoms with Crippen molar-refractivity contribution in [2.24, 2.45) is 5.73 Å². The standard InChI is InChI=1S/C7H12ClN/c1-7(6-9)4-2-3-5-8/h2,4,6H,3,5,9H2,1H3/b4-2-,7-6-. The van der Waals surface area contributed by atoms with Gasteiger partial charge in [0.15, 0.2) is 0 Å². The van der Waals surface area contributed by atoms with Crippen molar-refractivity contribution in [2.45, 2.75) is 13.3 Å². The van der Waals surface area contributed by atoms with Crippen molar-refractivity contribution in [3.05, 3.63) is 23.9 Å². The second-order valence-corrected chi connectivity index (χ2v) is 2.17. The van der Waals surface area contributed by atoms with Gasteiger partial charge in [-0.05, 0) is 25.1 Å². The highest BCUT2D eigenvalue weighted by molar-refractivity contribution is 6.17. The Bertz CT molecular complexity index is 116. The minimum Gasteiger partial charge on any atom is -0.404 e. The molecule has 0 aliphatic carbocycles. The van der Waals surface area contributed by atoms with Crippen LogP contribution in [0.3, 0.4) is 0 Å². The Morgan fingerprint density at radius 2 is 2.33 bits per heavy atom. The van der Waals surface area contributed by atoms with Gasteiger partial charge >= 0.3 is 0 Å². The molecule has 0 bridgehead atoms. The number of hydrogen-bond acceptors (Lipinski definition) is 1. The maximum Gasteiger partial charge on any atom is 0.0258 e. The van der Waals surface area contributed by atoms with E-state index in [0.29, 0.717) is 5.88 Å². The third-order valence-electron chi connectivity index (χ3n) is 0.919. The van der Waals surface area contributed by atoms with Gasteiger partial charge in [-0.25, -0.2) is 0 Å². The van der Waals surface area contributed by atoms with E-state index in [1.54, 1.807) is 6.20 Å². The average molecular weight is 146 g/mol. The molecule has 0 unspecified atom stereocenters. The summed E-state index contributed by atoms with van der Waals surface area (Å²) in [5, 5.41) is 0. The molecule has 0 saturated heterocycles. The molecule has 0 aliphatic heterocycles. The van der Waals surface area contributed by atoms with Crippen LogP contribution in [0.1, 0.15) is 13.3 Å². The molecule has 2 N–H and O–H groups in total. The van der Waals surface area contributed by atoms with Crippen LogP contribution in [0.5, 0.6) is 0 Å². The molecule has 0 fully saturated rings. The van der Waals surface area contributed by atoms with Gasteiger partial charge in [-0.3, -0.25) is 0 Å². The molecule has 0 spiro atoms. The predicted molar refractivity (Wildman–Crippen MR) is 42.4 cm³/mol. The van der Waals surface area contributed by atoms with Crippen molar-refractivity contribution < 1.29 is 0 Å². The van der Waals surface area contributed by atoms with E-state index in [9.17, 15) is 0 Å². The first-order valence-electron chi connectivity index (χ1n) is 2.92. The molecular formula is C7H12ClN. The van der Waals surface area contributed by atoms with E-state index in [1.165, 1.54) is 0 Å². The van der Waals surface area contributed by atoms with E-state index < -0.39 is 0 Å². The van der Waals surface area contributed by atoms with Gasteiger partial charge in [0.05, 0.1) is 0 Å². The molecule has 0 saturated carbocycles. The average Bonchev–Trinajstić information content (AvgIpc) is 1.89. The van der Waals surface area contributed by atoms with Gasteiger partial charge in [0, 0.05) is 5.88 Å². The Labute approximate surface area is 61.2 Å². The Morgan fingerprint density at radius 1 is 1.67 bits per heavy atom. The van der Waals surface area contributed by atoms with Crippen LogP contribution in [-0.2, 0) is 0 Å². The van der Waals surface area contributed by atoms with Crippen LogP contribution >= 0.6 is 11.6 Å². The fourth-order valence-corrected chi connectivity index (χ4v) is 0.514. The minimum absolute atomic E-state index is 0.675. The first-order chi connectivity index (χ1) is 4.31. The summed E-state index contributed by atoms with van der Waals surface area (Å²) < 4.78 is 0. The highest BCUT2D eigenvalue weighted by atomic mass is 35.5. The zero-order valence-corrected chi connectivity index (χ0v) is 6.36. The van der Waals surface area contributed by atoms with Gasteiger partial charge in [-0.2, -0.15) is 0 Å². The number of alkyl halides is 1. The number of hydrogen-bond donors (Lipinski definition) is 1. The lowest BCUT2D eigenvalue weighted by Gasteiger charge is -1.85. The zero-order valence-electron chi connectivity index (χ0n) is 5.60. The molecule has 0 aliphatic rings. The van der Waals surface area contributed by atoms with Gasteiger partial charge in [-0.15, -0.1) is 11.6 Å². The molecule has 1 nitrogen and oxygen atoms in total. The largest absolute Gasteiger partial charge is 0.404 e. The highest BCUT2D eigenvalue weighted by Gasteiger charge is 1.76. The molecule has 0 atom stereocenters. The summed E-state index contributed by atoms with van der Waals surface area (Å²) in [7, 11) is 0. The number of halogens is 1. The molecule has 9 heavy (non-hydrogen) atoms. The van der Waals surface area contributed by atoms with Crippen LogP contribution in [0.4, 0.5) is 0 Å². The van der Waals surface area contributed by atoms with Crippen LogP contribution in [-0.4, -0.2) is 5.88 Å². The maximum absolute atomic E-state index is 5.43. The van der Waals surface area contributed by atoms with E-state index in [-0.39, 0.29) is 0 Å². The van der Waals surface area contributed by atoms with Gasteiger partial charge < -0.3 is 5.73 Å². The molecule has 52 valence electrons. The van der Waals surface area contributed by atoms with Crippen molar-refractivity contribution >= 4 is 11.6 Å². The molecule has 2 heteroatoms. The predicted octanol–water partition coefficient (Wildman–Crippen LogP) is 2.03. The van der Waals surface area contributed by atoms with Crippen molar-refractivity contribution in [2.75, 3.05) is 5.88 Å². The maximum atomic E-state index is 5.43. The van der Waals surface area contributed by atoms with Gasteiger partial charge in [0.25, 0.3) is 0 Å². The lowest BCUT2D eigenvalue weighted by atomic mass is 10.3. The lowest BCUT2D eigenvalue weighted by Crippen LogP contribution is -1.79. The Hall–Kier alpha value is -0.430. The van der Waals surface area contributed by atoms with Crippen LogP contribution in [0.2, 0.25) is 0 Å². The molecule has 0 aromatic rings. The first-order valence-corrected chi connectivity index (χ1v) is 3.45. The van der Waals surface area contributed by atoms with E-state index in [1.807, 2.05) is 19.1 Å². The monoisotopic (exact) mass is 145 g/mol. The smallest absolute Gasteiger partial charge is 0.0258 e. The van der Waals surface area contributed by atoms with Crippen molar-refractivity contribution in [1.29, 1.82) is 0 Å². The quantitative estimate of drug-likeness (QED) is 0.478. The van der Waals surface area contributed by atoms with Crippen LogP contribution < -0.4 is 5.73 Å². The molecule has 0 amide bonds. The summed E-state index contributed by atoms with van der Waals surface area (Å²) in [6.07, 6.45) is 6.45. The summed E-state index contributed by atoms with van der Waals surface area (Å²) in [5.74, 6) is 0.675. The summed E-state index contributed by atoms with van der Waals surface area (Å²) in [4.78, 5) is 0. The fourth-order valence-electron chi connectivity index (χ4n) is 0.388. The lowest BCUT2D eigenvalue weighted by molar-refractivity contribution is 1.22. The summed E-state index contributed by atoms with van der Waals surface area (Å²) in [5.41, 5.74) is 6.28. The minimum atomic E-state index is 0.675. The van der Waals surface area contributed by atoms with Crippen LogP contribution in [0, 0.1) is 0 Å². The molecular weight excluding hydrogens is 134 g/mol. The van der Waals surface area contributed by atoms with Crippen molar-refractivity contribution in [1.82, 2.24) is 0 Å². The SMILES string of the molecule is CC(/C=C\CCCl)=C/N. The Kier molecular flexibility index (Phi) is 5.43. The summed E-state index contributed by atoms with van der Waals surface area (Å²) >= 11 is 5.43. The van der Waals surface area contributed by atoms with Crippen LogP contribution in [0.25, 0.3) is 0 Å². The summed E-state index contributed by atoms with van der Waals surface area (Å²) in [6.45, 7) is 1.95. The molecule has 0 aromatic heterocycles. The molecule has 0 radical (unpaired) electrons. The van der Waals surface area contributed by atoms with Crippen molar-refractivity contribution in [3.8, 4) is 0 Å². The van der Waals surface area contributed by atoms with E-state index >= 15 is 0 Å². The number of nitrogens with two attached hydrogens (primary N) is 1. The normalized spacial score (nSPS) is 12.9. The van der Waals surface area contributed by atoms with E-state index in [4.69, 9.17) is 17.3 Å². The Balaban J connectivity index is 3.45. The fraction of sp³-hybridized carbons (Fsp3) is 0.429. The molecule has 0 heterocycles. The van der Waals surface area contributed by atoms with Gasteiger partial charge in [0.2, 0.25) is 0 Å². The topological polar surface area (TPSA) is 26.0 Å².